The largest absolute Gasteiger partial charge is 0.497 e. The second kappa shape index (κ2) is 8.92. The van der Waals surface area contributed by atoms with Gasteiger partial charge in [0.15, 0.2) is 0 Å². The molecular formula is C25H30N4O3. The smallest absolute Gasteiger partial charge is 0.336 e. The highest BCUT2D eigenvalue weighted by Crippen LogP contribution is 2.28. The summed E-state index contributed by atoms with van der Waals surface area (Å²) in [4.78, 5) is 14.5. The van der Waals surface area contributed by atoms with E-state index < -0.39 is 5.97 Å². The molecule has 3 aliphatic rings. The van der Waals surface area contributed by atoms with E-state index >= 15 is 0 Å². The average Bonchev–Trinajstić information content (AvgIpc) is 3.17. The quantitative estimate of drug-likeness (QED) is 0.567. The van der Waals surface area contributed by atoms with Crippen LogP contribution in [0.5, 0.6) is 5.75 Å². The number of carbonyl (C=O) groups is 1. The van der Waals surface area contributed by atoms with E-state index in [0.29, 0.717) is 18.2 Å². The Morgan fingerprint density at radius 1 is 1.19 bits per heavy atom. The molecule has 0 saturated carbocycles. The molecule has 1 atom stereocenters. The molecule has 3 saturated heterocycles. The highest BCUT2D eigenvalue weighted by molar-refractivity contribution is 6.03. The fourth-order valence-corrected chi connectivity index (χ4v) is 5.29. The van der Waals surface area contributed by atoms with Gasteiger partial charge in [0.2, 0.25) is 0 Å². The van der Waals surface area contributed by atoms with Crippen molar-refractivity contribution in [3.05, 3.63) is 59.3 Å². The van der Waals surface area contributed by atoms with E-state index in [4.69, 9.17) is 9.84 Å². The summed E-state index contributed by atoms with van der Waals surface area (Å²) in [6.45, 7) is 4.98. The van der Waals surface area contributed by atoms with E-state index in [1.165, 1.54) is 25.9 Å². The molecular weight excluding hydrogens is 404 g/mol. The number of rotatable bonds is 8. The van der Waals surface area contributed by atoms with Crippen LogP contribution in [0, 0.1) is 5.92 Å². The van der Waals surface area contributed by atoms with Crippen LogP contribution in [0.25, 0.3) is 10.9 Å². The van der Waals surface area contributed by atoms with Crippen molar-refractivity contribution in [1.29, 1.82) is 0 Å². The van der Waals surface area contributed by atoms with Crippen molar-refractivity contribution in [1.82, 2.24) is 20.0 Å². The molecule has 0 aliphatic carbocycles. The van der Waals surface area contributed by atoms with Crippen LogP contribution in [0.4, 0.5) is 0 Å². The van der Waals surface area contributed by atoms with Gasteiger partial charge in [-0.25, -0.2) is 4.79 Å². The number of ether oxygens (including phenoxy) is 1. The Hall–Kier alpha value is -2.90. The van der Waals surface area contributed by atoms with Crippen molar-refractivity contribution in [3.63, 3.8) is 0 Å². The van der Waals surface area contributed by atoms with E-state index in [2.05, 4.69) is 10.2 Å². The lowest BCUT2D eigenvalue weighted by Crippen LogP contribution is -2.56. The number of fused-ring (bicyclic) bond motifs is 4. The average molecular weight is 435 g/mol. The molecule has 168 valence electrons. The Bertz CT molecular complexity index is 1100. The standard InChI is InChI=1S/C25H30N4O3/c1-32-19-7-5-17(6-8-19)15-29-23(24-20(25(30)31)3-2-4-21(24)27-29)9-12-26-22-16-28-13-10-18(22)11-14-28/h2-8,18,22,26H,9-16H2,1H3,(H,30,31)/t22-/m1/s1. The number of benzene rings is 2. The van der Waals surface area contributed by atoms with Gasteiger partial charge < -0.3 is 20.1 Å². The molecule has 3 aromatic rings. The van der Waals surface area contributed by atoms with E-state index in [0.717, 1.165) is 53.3 Å². The molecule has 2 bridgehead atoms. The summed E-state index contributed by atoms with van der Waals surface area (Å²) in [5.41, 5.74) is 3.13. The van der Waals surface area contributed by atoms with Gasteiger partial charge in [0.05, 0.1) is 24.7 Å². The van der Waals surface area contributed by atoms with Gasteiger partial charge in [-0.15, -0.1) is 0 Å². The van der Waals surface area contributed by atoms with Crippen molar-refractivity contribution in [3.8, 4) is 5.75 Å². The number of methoxy groups -OCH3 is 1. The zero-order valence-corrected chi connectivity index (χ0v) is 18.5. The number of carboxylic acid groups (broad SMARTS) is 1. The van der Waals surface area contributed by atoms with Crippen molar-refractivity contribution in [2.75, 3.05) is 33.3 Å². The summed E-state index contributed by atoms with van der Waals surface area (Å²) in [6, 6.07) is 13.8. The van der Waals surface area contributed by atoms with E-state index in [-0.39, 0.29) is 0 Å². The van der Waals surface area contributed by atoms with Crippen LogP contribution in [0.15, 0.2) is 42.5 Å². The van der Waals surface area contributed by atoms with Crippen molar-refractivity contribution < 1.29 is 14.6 Å². The minimum absolute atomic E-state index is 0.321. The minimum atomic E-state index is -0.911. The van der Waals surface area contributed by atoms with Gasteiger partial charge >= 0.3 is 5.97 Å². The van der Waals surface area contributed by atoms with Gasteiger partial charge in [0, 0.05) is 36.6 Å². The molecule has 2 aromatic carbocycles. The maximum atomic E-state index is 11.9. The Labute approximate surface area is 188 Å². The molecule has 0 radical (unpaired) electrons. The molecule has 2 N–H and O–H groups in total. The summed E-state index contributed by atoms with van der Waals surface area (Å²) in [7, 11) is 1.66. The summed E-state index contributed by atoms with van der Waals surface area (Å²) in [5, 5.41) is 19.1. The van der Waals surface area contributed by atoms with Gasteiger partial charge in [-0.3, -0.25) is 4.68 Å². The highest BCUT2D eigenvalue weighted by atomic mass is 16.5. The second-order valence-electron chi connectivity index (χ2n) is 8.91. The predicted octanol–water partition coefficient (Wildman–Crippen LogP) is 3.02. The van der Waals surface area contributed by atoms with Crippen LogP contribution in [-0.4, -0.2) is 65.1 Å². The Morgan fingerprint density at radius 2 is 1.97 bits per heavy atom. The molecule has 0 amide bonds. The van der Waals surface area contributed by atoms with Gasteiger partial charge in [0.1, 0.15) is 5.75 Å². The molecule has 3 aliphatic heterocycles. The molecule has 4 heterocycles. The number of aromatic nitrogens is 2. The second-order valence-corrected chi connectivity index (χ2v) is 8.91. The van der Waals surface area contributed by atoms with Gasteiger partial charge in [0.25, 0.3) is 0 Å². The lowest BCUT2D eigenvalue weighted by molar-refractivity contribution is 0.0699. The molecule has 3 fully saturated rings. The molecule has 6 rings (SSSR count). The van der Waals surface area contributed by atoms with Gasteiger partial charge in [-0.2, -0.15) is 5.10 Å². The van der Waals surface area contributed by atoms with E-state index in [1.54, 1.807) is 19.2 Å². The summed E-state index contributed by atoms with van der Waals surface area (Å²) < 4.78 is 7.23. The first-order valence-corrected chi connectivity index (χ1v) is 11.4. The lowest BCUT2D eigenvalue weighted by Gasteiger charge is -2.45. The van der Waals surface area contributed by atoms with E-state index in [1.807, 2.05) is 35.0 Å². The van der Waals surface area contributed by atoms with Crippen molar-refractivity contribution in [2.24, 2.45) is 5.92 Å². The Morgan fingerprint density at radius 3 is 2.62 bits per heavy atom. The number of aromatic carboxylic acids is 1. The van der Waals surface area contributed by atoms with Crippen LogP contribution < -0.4 is 10.1 Å². The zero-order valence-electron chi connectivity index (χ0n) is 18.5. The molecule has 32 heavy (non-hydrogen) atoms. The van der Waals surface area contributed by atoms with E-state index in [9.17, 15) is 9.90 Å². The topological polar surface area (TPSA) is 79.6 Å². The summed E-state index contributed by atoms with van der Waals surface area (Å²) in [6.07, 6.45) is 3.29. The van der Waals surface area contributed by atoms with Crippen molar-refractivity contribution in [2.45, 2.75) is 31.8 Å². The maximum absolute atomic E-state index is 11.9. The third-order valence-electron chi connectivity index (χ3n) is 7.02. The normalized spacial score (nSPS) is 22.3. The number of nitrogens with one attached hydrogen (secondary N) is 1. The van der Waals surface area contributed by atoms with Gasteiger partial charge in [-0.1, -0.05) is 18.2 Å². The predicted molar refractivity (Wildman–Crippen MR) is 123 cm³/mol. The first kappa shape index (κ1) is 21.0. The maximum Gasteiger partial charge on any atom is 0.336 e. The SMILES string of the molecule is COc1ccc(Cn2nc3cccc(C(=O)O)c3c2CCN[C@@H]2CN3CCC2CC3)cc1. The number of hydrogen-bond acceptors (Lipinski definition) is 5. The summed E-state index contributed by atoms with van der Waals surface area (Å²) in [5.74, 6) is 0.663. The van der Waals surface area contributed by atoms with Crippen LogP contribution in [0.1, 0.15) is 34.5 Å². The third kappa shape index (κ3) is 4.10. The number of carboxylic acids is 1. The molecule has 0 unspecified atom stereocenters. The Balaban J connectivity index is 1.41. The number of piperidine rings is 3. The third-order valence-corrected chi connectivity index (χ3v) is 7.02. The fourth-order valence-electron chi connectivity index (χ4n) is 5.29. The van der Waals surface area contributed by atoms with Crippen molar-refractivity contribution >= 4 is 16.9 Å². The highest BCUT2D eigenvalue weighted by Gasteiger charge is 2.33. The van der Waals surface area contributed by atoms with Crippen LogP contribution >= 0.6 is 0 Å². The molecule has 0 spiro atoms. The van der Waals surface area contributed by atoms with Gasteiger partial charge in [-0.05, 0) is 61.7 Å². The fraction of sp³-hybridized carbons (Fsp3) is 0.440. The molecule has 7 nitrogen and oxygen atoms in total. The number of nitrogens with zero attached hydrogens (tertiary/aromatic N) is 3. The Kier molecular flexibility index (Phi) is 5.85. The first-order chi connectivity index (χ1) is 15.6. The summed E-state index contributed by atoms with van der Waals surface area (Å²) >= 11 is 0. The van der Waals surface area contributed by atoms with Crippen LogP contribution in [-0.2, 0) is 13.0 Å². The lowest BCUT2D eigenvalue weighted by atomic mass is 9.84. The molecule has 7 heteroatoms. The van der Waals surface area contributed by atoms with Crippen LogP contribution in [0.2, 0.25) is 0 Å². The van der Waals surface area contributed by atoms with Crippen LogP contribution in [0.3, 0.4) is 0 Å². The monoisotopic (exact) mass is 434 g/mol. The first-order valence-electron chi connectivity index (χ1n) is 11.4. The molecule has 1 aromatic heterocycles. The number of hydrogen-bond donors (Lipinski definition) is 2. The zero-order chi connectivity index (χ0) is 22.1. The minimum Gasteiger partial charge on any atom is -0.497 e.